The molecule has 2 aromatic carbocycles. The Morgan fingerprint density at radius 2 is 1.78 bits per heavy atom. The van der Waals surface area contributed by atoms with Crippen LogP contribution in [0.1, 0.15) is 44.1 Å². The smallest absolute Gasteiger partial charge is 0.490 e. The number of likely N-dealkylation sites (tertiary alicyclic amines) is 1. The first kappa shape index (κ1) is 30.8. The van der Waals surface area contributed by atoms with Crippen LogP contribution in [-0.2, 0) is 10.2 Å². The molecular formula is C29H35ClF3N3O5. The summed E-state index contributed by atoms with van der Waals surface area (Å²) in [6, 6.07) is 14.0. The maximum Gasteiger partial charge on any atom is 0.490 e. The van der Waals surface area contributed by atoms with Crippen LogP contribution in [-0.4, -0.2) is 67.6 Å². The van der Waals surface area contributed by atoms with Crippen molar-refractivity contribution in [1.29, 1.82) is 0 Å². The van der Waals surface area contributed by atoms with Gasteiger partial charge in [0.1, 0.15) is 0 Å². The molecule has 224 valence electrons. The van der Waals surface area contributed by atoms with Crippen molar-refractivity contribution in [3.63, 3.8) is 0 Å². The highest BCUT2D eigenvalue weighted by atomic mass is 35.5. The molecular weight excluding hydrogens is 563 g/mol. The van der Waals surface area contributed by atoms with Gasteiger partial charge in [-0.3, -0.25) is 4.90 Å². The Labute approximate surface area is 242 Å². The third-order valence-corrected chi connectivity index (χ3v) is 8.41. The number of nitrogens with one attached hydrogen (secondary N) is 2. The van der Waals surface area contributed by atoms with Gasteiger partial charge in [-0.15, -0.1) is 0 Å². The number of ether oxygens (including phenoxy) is 2. The largest absolute Gasteiger partial charge is 0.493 e. The highest BCUT2D eigenvalue weighted by Crippen LogP contribution is 2.51. The van der Waals surface area contributed by atoms with Gasteiger partial charge in [0, 0.05) is 34.8 Å². The van der Waals surface area contributed by atoms with E-state index in [-0.39, 0.29) is 17.5 Å². The predicted octanol–water partition coefficient (Wildman–Crippen LogP) is 6.09. The van der Waals surface area contributed by atoms with Crippen LogP contribution in [0.4, 0.5) is 23.7 Å². The summed E-state index contributed by atoms with van der Waals surface area (Å²) in [5, 5.41) is 13.9. The van der Waals surface area contributed by atoms with Gasteiger partial charge < -0.3 is 25.2 Å². The molecule has 2 amide bonds. The molecule has 5 rings (SSSR count). The summed E-state index contributed by atoms with van der Waals surface area (Å²) >= 11 is 6.06. The number of amides is 2. The monoisotopic (exact) mass is 597 g/mol. The molecule has 1 aliphatic heterocycles. The van der Waals surface area contributed by atoms with Crippen molar-refractivity contribution in [1.82, 2.24) is 10.2 Å². The lowest BCUT2D eigenvalue weighted by atomic mass is 9.65. The molecule has 0 aromatic heterocycles. The highest BCUT2D eigenvalue weighted by Gasteiger charge is 2.52. The van der Waals surface area contributed by atoms with E-state index < -0.39 is 12.1 Å². The van der Waals surface area contributed by atoms with E-state index in [1.54, 1.807) is 26.4 Å². The number of hydrogen-bond donors (Lipinski definition) is 3. The lowest BCUT2D eigenvalue weighted by Crippen LogP contribution is -2.53. The van der Waals surface area contributed by atoms with Gasteiger partial charge in [-0.25, -0.2) is 9.59 Å². The number of carboxylic acids is 1. The molecule has 41 heavy (non-hydrogen) atoms. The first-order valence-electron chi connectivity index (χ1n) is 13.5. The van der Waals surface area contributed by atoms with E-state index >= 15 is 0 Å². The van der Waals surface area contributed by atoms with Gasteiger partial charge in [0.25, 0.3) is 0 Å². The zero-order valence-corrected chi connectivity index (χ0v) is 23.7. The van der Waals surface area contributed by atoms with E-state index in [1.807, 2.05) is 18.2 Å². The van der Waals surface area contributed by atoms with E-state index in [0.29, 0.717) is 16.8 Å². The standard InChI is InChI=1S/C27H34ClN3O3.C2HF3O2/c1-33-23-9-8-19(14-24(23)34-2)27-11-10-22(16-25(27)31(13-12-27)17-18-6-7-18)30-26(32)29-21-5-3-4-20(28)15-21;3-2(4,5)1(6)7/h3-5,8-9,14-15,18,22,25H,6-7,10-13,16-17H2,1-2H3,(H2,29,30,32);(H,6,7)/t22-,25+,27+;/m1./s1. The first-order valence-corrected chi connectivity index (χ1v) is 13.9. The van der Waals surface area contributed by atoms with Crippen LogP contribution in [0.2, 0.25) is 5.02 Å². The van der Waals surface area contributed by atoms with Gasteiger partial charge in [-0.2, -0.15) is 13.2 Å². The number of aliphatic carboxylic acids is 1. The summed E-state index contributed by atoms with van der Waals surface area (Å²) in [6.07, 6.45) is 1.68. The molecule has 8 nitrogen and oxygen atoms in total. The summed E-state index contributed by atoms with van der Waals surface area (Å²) in [7, 11) is 3.38. The number of rotatable bonds is 7. The number of anilines is 1. The third kappa shape index (κ3) is 7.56. The van der Waals surface area contributed by atoms with Gasteiger partial charge in [-0.05, 0) is 86.9 Å². The van der Waals surface area contributed by atoms with E-state index in [4.69, 9.17) is 31.0 Å². The second kappa shape index (κ2) is 12.8. The molecule has 3 atom stereocenters. The van der Waals surface area contributed by atoms with Crippen molar-refractivity contribution < 1.29 is 37.3 Å². The fourth-order valence-electron chi connectivity index (χ4n) is 6.03. The number of urea groups is 1. The lowest BCUT2D eigenvalue weighted by Gasteiger charge is -2.45. The topological polar surface area (TPSA) is 100 Å². The second-order valence-corrected chi connectivity index (χ2v) is 11.2. The summed E-state index contributed by atoms with van der Waals surface area (Å²) in [5.74, 6) is -0.372. The van der Waals surface area contributed by atoms with Crippen LogP contribution in [0.25, 0.3) is 0 Å². The van der Waals surface area contributed by atoms with Crippen molar-refractivity contribution in [2.24, 2.45) is 5.92 Å². The Morgan fingerprint density at radius 1 is 1.07 bits per heavy atom. The first-order chi connectivity index (χ1) is 19.4. The minimum Gasteiger partial charge on any atom is -0.493 e. The molecule has 0 unspecified atom stereocenters. The van der Waals surface area contributed by atoms with Crippen molar-refractivity contribution in [3.05, 3.63) is 53.1 Å². The van der Waals surface area contributed by atoms with Crippen LogP contribution in [0, 0.1) is 5.92 Å². The quantitative estimate of drug-likeness (QED) is 0.357. The van der Waals surface area contributed by atoms with Gasteiger partial charge in [-0.1, -0.05) is 23.7 Å². The number of carboxylic acid groups (broad SMARTS) is 1. The summed E-state index contributed by atoms with van der Waals surface area (Å²) in [6.45, 7) is 2.28. The molecule has 12 heteroatoms. The van der Waals surface area contributed by atoms with Crippen LogP contribution in [0.15, 0.2) is 42.5 Å². The van der Waals surface area contributed by atoms with Gasteiger partial charge in [0.15, 0.2) is 11.5 Å². The number of nitrogens with zero attached hydrogens (tertiary/aromatic N) is 1. The SMILES string of the molecule is COc1ccc([C@@]23CC[C@@H](NC(=O)Nc4cccc(Cl)c4)C[C@@H]2N(CC2CC2)CC3)cc1OC.O=C(O)C(F)(F)F. The van der Waals surface area contributed by atoms with E-state index in [9.17, 15) is 18.0 Å². The van der Waals surface area contributed by atoms with E-state index in [1.165, 1.54) is 24.9 Å². The highest BCUT2D eigenvalue weighted by molar-refractivity contribution is 6.30. The van der Waals surface area contributed by atoms with Crippen molar-refractivity contribution in [3.8, 4) is 11.5 Å². The average molecular weight is 598 g/mol. The average Bonchev–Trinajstić information content (AvgIpc) is 3.68. The van der Waals surface area contributed by atoms with Gasteiger partial charge in [0.05, 0.1) is 14.2 Å². The molecule has 0 radical (unpaired) electrons. The normalized spacial score (nSPS) is 24.0. The molecule has 2 saturated carbocycles. The summed E-state index contributed by atoms with van der Waals surface area (Å²) in [5.41, 5.74) is 2.11. The maximum absolute atomic E-state index is 12.7. The molecule has 1 heterocycles. The summed E-state index contributed by atoms with van der Waals surface area (Å²) in [4.78, 5) is 24.3. The Balaban J connectivity index is 0.000000493. The van der Waals surface area contributed by atoms with Gasteiger partial charge in [0.2, 0.25) is 0 Å². The van der Waals surface area contributed by atoms with E-state index in [2.05, 4.69) is 27.7 Å². The molecule has 3 aliphatic rings. The van der Waals surface area contributed by atoms with Crippen LogP contribution < -0.4 is 20.1 Å². The zero-order chi connectivity index (χ0) is 29.8. The summed E-state index contributed by atoms with van der Waals surface area (Å²) < 4.78 is 42.9. The Hall–Kier alpha value is -3.18. The van der Waals surface area contributed by atoms with Crippen LogP contribution >= 0.6 is 11.6 Å². The van der Waals surface area contributed by atoms with Crippen molar-refractivity contribution in [2.75, 3.05) is 32.6 Å². The van der Waals surface area contributed by atoms with Crippen molar-refractivity contribution in [2.45, 2.75) is 62.2 Å². The fraction of sp³-hybridized carbons (Fsp3) is 0.517. The molecule has 3 fully saturated rings. The number of hydrogen-bond acceptors (Lipinski definition) is 5. The Kier molecular flexibility index (Phi) is 9.59. The number of halogens is 4. The lowest BCUT2D eigenvalue weighted by molar-refractivity contribution is -0.192. The molecule has 2 aromatic rings. The van der Waals surface area contributed by atoms with Gasteiger partial charge >= 0.3 is 18.2 Å². The number of alkyl halides is 3. The number of methoxy groups -OCH3 is 2. The predicted molar refractivity (Wildman–Crippen MR) is 149 cm³/mol. The maximum atomic E-state index is 12.7. The number of carbonyl (C=O) groups excluding carboxylic acids is 1. The minimum absolute atomic E-state index is 0.0794. The third-order valence-electron chi connectivity index (χ3n) is 8.18. The number of benzene rings is 2. The minimum atomic E-state index is -5.08. The van der Waals surface area contributed by atoms with Crippen LogP contribution in [0.3, 0.4) is 0 Å². The zero-order valence-electron chi connectivity index (χ0n) is 23.0. The van der Waals surface area contributed by atoms with Crippen LogP contribution in [0.5, 0.6) is 11.5 Å². The number of fused-ring (bicyclic) bond motifs is 1. The molecule has 0 bridgehead atoms. The Morgan fingerprint density at radius 3 is 2.39 bits per heavy atom. The Bertz CT molecular complexity index is 1240. The second-order valence-electron chi connectivity index (χ2n) is 10.8. The fourth-order valence-corrected chi connectivity index (χ4v) is 6.22. The van der Waals surface area contributed by atoms with E-state index in [0.717, 1.165) is 49.6 Å². The molecule has 3 N–H and O–H groups in total. The number of carbonyl (C=O) groups is 2. The van der Waals surface area contributed by atoms with Crippen molar-refractivity contribution >= 4 is 29.3 Å². The molecule has 0 spiro atoms. The molecule has 2 aliphatic carbocycles. The molecule has 1 saturated heterocycles.